The van der Waals surface area contributed by atoms with Crippen molar-refractivity contribution in [3.63, 3.8) is 0 Å². The molecule has 0 bridgehead atoms. The molecule has 3 amide bonds. The molecule has 3 aromatic rings. The second-order valence-corrected chi connectivity index (χ2v) is 5.86. The fourth-order valence-electron chi connectivity index (χ4n) is 2.82. The summed E-state index contributed by atoms with van der Waals surface area (Å²) in [4.78, 5) is 42.5. The maximum atomic E-state index is 13.0. The van der Waals surface area contributed by atoms with Gasteiger partial charge >= 0.3 is 0 Å². The van der Waals surface area contributed by atoms with E-state index in [9.17, 15) is 18.8 Å². The number of rotatable bonds is 3. The summed E-state index contributed by atoms with van der Waals surface area (Å²) >= 11 is 0. The lowest BCUT2D eigenvalue weighted by Crippen LogP contribution is -2.29. The molecule has 0 aliphatic carbocycles. The number of carbonyl (C=O) groups excluding carboxylic acids is 3. The Morgan fingerprint density at radius 1 is 0.963 bits per heavy atom. The van der Waals surface area contributed by atoms with E-state index in [1.807, 2.05) is 0 Å². The summed E-state index contributed by atoms with van der Waals surface area (Å²) in [7, 11) is 0. The molecule has 132 valence electrons. The highest BCUT2D eigenvalue weighted by Gasteiger charge is 2.37. The molecule has 0 saturated heterocycles. The van der Waals surface area contributed by atoms with E-state index in [2.05, 4.69) is 10.3 Å². The molecule has 4 rings (SSSR count). The van der Waals surface area contributed by atoms with Gasteiger partial charge in [-0.25, -0.2) is 9.29 Å². The summed E-state index contributed by atoms with van der Waals surface area (Å²) in [5, 5.41) is 2.64. The maximum Gasteiger partial charge on any atom is 0.284 e. The molecule has 1 N–H and O–H groups in total. The van der Waals surface area contributed by atoms with Crippen LogP contribution in [-0.4, -0.2) is 22.7 Å². The van der Waals surface area contributed by atoms with E-state index in [0.717, 1.165) is 4.90 Å². The first-order valence-electron chi connectivity index (χ1n) is 8.05. The van der Waals surface area contributed by atoms with E-state index in [-0.39, 0.29) is 22.5 Å². The molecule has 0 radical (unpaired) electrons. The van der Waals surface area contributed by atoms with E-state index < -0.39 is 23.5 Å². The Morgan fingerprint density at radius 3 is 2.48 bits per heavy atom. The third-order valence-corrected chi connectivity index (χ3v) is 4.12. The number of imide groups is 1. The molecular weight excluding hydrogens is 349 g/mol. The van der Waals surface area contributed by atoms with Crippen molar-refractivity contribution in [2.45, 2.75) is 0 Å². The Labute approximate surface area is 153 Å². The van der Waals surface area contributed by atoms with Crippen molar-refractivity contribution in [2.75, 3.05) is 10.2 Å². The first-order valence-corrected chi connectivity index (χ1v) is 8.05. The fraction of sp³-hybridized carbons (Fsp3) is 0. The van der Waals surface area contributed by atoms with Crippen molar-refractivity contribution in [3.8, 4) is 0 Å². The van der Waals surface area contributed by atoms with Crippen LogP contribution in [-0.2, 0) is 0 Å². The summed E-state index contributed by atoms with van der Waals surface area (Å²) in [5.74, 6) is -1.88. The number of hydrogen-bond acceptors (Lipinski definition) is 4. The van der Waals surface area contributed by atoms with Crippen LogP contribution < -0.4 is 10.2 Å². The molecule has 6 nitrogen and oxygen atoms in total. The number of aromatic nitrogens is 1. The number of pyridine rings is 1. The van der Waals surface area contributed by atoms with Crippen LogP contribution in [0.3, 0.4) is 0 Å². The molecule has 0 unspecified atom stereocenters. The van der Waals surface area contributed by atoms with Crippen LogP contribution in [0.25, 0.3) is 0 Å². The molecule has 0 saturated carbocycles. The fourth-order valence-corrected chi connectivity index (χ4v) is 2.82. The smallest absolute Gasteiger partial charge is 0.284 e. The molecule has 7 heteroatoms. The van der Waals surface area contributed by atoms with Gasteiger partial charge in [0.25, 0.3) is 17.7 Å². The first kappa shape index (κ1) is 16.6. The highest BCUT2D eigenvalue weighted by molar-refractivity contribution is 6.33. The SMILES string of the molecule is O=C(Nc1ccc(F)cc1)c1cccc(N2C(=O)c3cccnc3C2=O)c1. The topological polar surface area (TPSA) is 79.4 Å². The third-order valence-electron chi connectivity index (χ3n) is 4.12. The van der Waals surface area contributed by atoms with Gasteiger partial charge in [-0.05, 0) is 54.6 Å². The molecule has 1 aliphatic heterocycles. The number of hydrogen-bond donors (Lipinski definition) is 1. The second kappa shape index (κ2) is 6.45. The molecule has 2 heterocycles. The number of nitrogens with one attached hydrogen (secondary N) is 1. The molecule has 1 aromatic heterocycles. The maximum absolute atomic E-state index is 13.0. The minimum Gasteiger partial charge on any atom is -0.322 e. The van der Waals surface area contributed by atoms with E-state index in [4.69, 9.17) is 0 Å². The summed E-state index contributed by atoms with van der Waals surface area (Å²) in [6.07, 6.45) is 1.44. The number of anilines is 2. The van der Waals surface area contributed by atoms with Crippen LogP contribution in [0.5, 0.6) is 0 Å². The summed E-state index contributed by atoms with van der Waals surface area (Å²) in [5.41, 5.74) is 1.26. The summed E-state index contributed by atoms with van der Waals surface area (Å²) < 4.78 is 13.0. The van der Waals surface area contributed by atoms with E-state index in [1.54, 1.807) is 24.3 Å². The van der Waals surface area contributed by atoms with Crippen LogP contribution in [0, 0.1) is 5.82 Å². The van der Waals surface area contributed by atoms with E-state index >= 15 is 0 Å². The molecule has 1 aliphatic rings. The van der Waals surface area contributed by atoms with Crippen LogP contribution in [0.1, 0.15) is 31.2 Å². The van der Waals surface area contributed by atoms with E-state index in [0.29, 0.717) is 5.69 Å². The van der Waals surface area contributed by atoms with Gasteiger partial charge in [0, 0.05) is 17.4 Å². The summed E-state index contributed by atoms with van der Waals surface area (Å²) in [6.45, 7) is 0. The molecule has 2 aromatic carbocycles. The average Bonchev–Trinajstić information content (AvgIpc) is 2.95. The quantitative estimate of drug-likeness (QED) is 0.726. The number of nitrogens with zero attached hydrogens (tertiary/aromatic N) is 2. The predicted octanol–water partition coefficient (Wildman–Crippen LogP) is 3.27. The van der Waals surface area contributed by atoms with Crippen molar-refractivity contribution < 1.29 is 18.8 Å². The largest absolute Gasteiger partial charge is 0.322 e. The second-order valence-electron chi connectivity index (χ2n) is 5.86. The highest BCUT2D eigenvalue weighted by atomic mass is 19.1. The van der Waals surface area contributed by atoms with Gasteiger partial charge in [-0.1, -0.05) is 6.07 Å². The Kier molecular flexibility index (Phi) is 3.97. The lowest BCUT2D eigenvalue weighted by molar-refractivity contribution is 0.0922. The number of halogens is 1. The number of amides is 3. The van der Waals surface area contributed by atoms with Gasteiger partial charge in [0.2, 0.25) is 0 Å². The van der Waals surface area contributed by atoms with Crippen molar-refractivity contribution >= 4 is 29.1 Å². The van der Waals surface area contributed by atoms with Gasteiger partial charge < -0.3 is 5.32 Å². The molecule has 0 atom stereocenters. The van der Waals surface area contributed by atoms with Crippen LogP contribution in [0.4, 0.5) is 15.8 Å². The number of fused-ring (bicyclic) bond motifs is 1. The van der Waals surface area contributed by atoms with Gasteiger partial charge in [0.1, 0.15) is 11.5 Å². The minimum atomic E-state index is -0.535. The van der Waals surface area contributed by atoms with Gasteiger partial charge in [-0.2, -0.15) is 0 Å². The minimum absolute atomic E-state index is 0.0867. The molecule has 0 fully saturated rings. The van der Waals surface area contributed by atoms with Gasteiger partial charge in [0.05, 0.1) is 11.3 Å². The predicted molar refractivity (Wildman–Crippen MR) is 96.2 cm³/mol. The standard InChI is InChI=1S/C20H12FN3O3/c21-13-6-8-14(9-7-13)23-18(25)12-3-1-4-15(11-12)24-19(26)16-5-2-10-22-17(16)20(24)27/h1-11H,(H,23,25). The Bertz CT molecular complexity index is 1040. The van der Waals surface area contributed by atoms with Crippen molar-refractivity contribution in [1.29, 1.82) is 0 Å². The lowest BCUT2D eigenvalue weighted by atomic mass is 10.1. The third kappa shape index (κ3) is 2.95. The van der Waals surface area contributed by atoms with E-state index in [1.165, 1.54) is 42.6 Å². The van der Waals surface area contributed by atoms with Gasteiger partial charge in [-0.3, -0.25) is 19.4 Å². The molecule has 27 heavy (non-hydrogen) atoms. The molecule has 0 spiro atoms. The first-order chi connectivity index (χ1) is 13.0. The number of carbonyl (C=O) groups is 3. The average molecular weight is 361 g/mol. The van der Waals surface area contributed by atoms with Crippen molar-refractivity contribution in [1.82, 2.24) is 4.98 Å². The van der Waals surface area contributed by atoms with Gasteiger partial charge in [-0.15, -0.1) is 0 Å². The van der Waals surface area contributed by atoms with Crippen molar-refractivity contribution in [2.24, 2.45) is 0 Å². The summed E-state index contributed by atoms with van der Waals surface area (Å²) in [6, 6.07) is 14.6. The highest BCUT2D eigenvalue weighted by Crippen LogP contribution is 2.27. The zero-order chi connectivity index (χ0) is 19.0. The lowest BCUT2D eigenvalue weighted by Gasteiger charge is -2.14. The Balaban J connectivity index is 1.62. The zero-order valence-corrected chi connectivity index (χ0v) is 13.8. The molecular formula is C20H12FN3O3. The number of benzene rings is 2. The Morgan fingerprint density at radius 2 is 1.74 bits per heavy atom. The zero-order valence-electron chi connectivity index (χ0n) is 13.8. The van der Waals surface area contributed by atoms with Crippen molar-refractivity contribution in [3.05, 3.63) is 89.5 Å². The monoisotopic (exact) mass is 361 g/mol. The van der Waals surface area contributed by atoms with Crippen LogP contribution in [0.2, 0.25) is 0 Å². The van der Waals surface area contributed by atoms with Gasteiger partial charge in [0.15, 0.2) is 0 Å². The van der Waals surface area contributed by atoms with Crippen LogP contribution >= 0.6 is 0 Å². The Hall–Kier alpha value is -3.87. The normalized spacial score (nSPS) is 12.9. The van der Waals surface area contributed by atoms with Crippen LogP contribution in [0.15, 0.2) is 66.9 Å².